The van der Waals surface area contributed by atoms with Gasteiger partial charge in [0, 0.05) is 18.1 Å². The topological polar surface area (TPSA) is 41.6 Å². The predicted octanol–water partition coefficient (Wildman–Crippen LogP) is 3.14. The number of nitrogens with zero attached hydrogens (tertiary/aromatic N) is 1. The number of amides is 2. The Morgan fingerprint density at radius 3 is 2.72 bits per heavy atom. The summed E-state index contributed by atoms with van der Waals surface area (Å²) in [6, 6.07) is 4.86. The molecule has 0 spiro atoms. The Labute approximate surface area is 116 Å². The van der Waals surface area contributed by atoms with Crippen LogP contribution in [0.2, 0.25) is 10.0 Å². The zero-order valence-corrected chi connectivity index (χ0v) is 11.3. The van der Waals surface area contributed by atoms with E-state index in [2.05, 4.69) is 5.32 Å². The van der Waals surface area contributed by atoms with Crippen LogP contribution in [-0.4, -0.2) is 30.8 Å². The van der Waals surface area contributed by atoms with Gasteiger partial charge in [-0.05, 0) is 31.0 Å². The van der Waals surface area contributed by atoms with Crippen molar-refractivity contribution in [1.29, 1.82) is 0 Å². The van der Waals surface area contributed by atoms with Crippen LogP contribution in [0.3, 0.4) is 0 Å². The molecule has 1 aliphatic rings. The fourth-order valence-corrected chi connectivity index (χ4v) is 2.26. The van der Waals surface area contributed by atoms with Gasteiger partial charge in [0.2, 0.25) is 0 Å². The van der Waals surface area contributed by atoms with Crippen molar-refractivity contribution >= 4 is 29.2 Å². The summed E-state index contributed by atoms with van der Waals surface area (Å²) in [6.07, 6.45) is 2.13. The Hall–Kier alpha value is -1.13. The SMILES string of the molecule is O=C(NCOc1ccc(Cl)cc1Cl)N1CCCC1. The normalized spacial score (nSPS) is 14.7. The largest absolute Gasteiger partial charge is 0.472 e. The van der Waals surface area contributed by atoms with E-state index in [1.165, 1.54) is 0 Å². The summed E-state index contributed by atoms with van der Waals surface area (Å²) >= 11 is 11.7. The van der Waals surface area contributed by atoms with Crippen LogP contribution in [0.4, 0.5) is 4.79 Å². The zero-order valence-electron chi connectivity index (χ0n) is 9.79. The van der Waals surface area contributed by atoms with Crippen LogP contribution in [0.5, 0.6) is 5.75 Å². The number of ether oxygens (including phenoxy) is 1. The third kappa shape index (κ3) is 3.43. The van der Waals surface area contributed by atoms with E-state index >= 15 is 0 Å². The van der Waals surface area contributed by atoms with E-state index in [0.717, 1.165) is 25.9 Å². The van der Waals surface area contributed by atoms with Crippen molar-refractivity contribution in [1.82, 2.24) is 10.2 Å². The zero-order chi connectivity index (χ0) is 13.0. The second-order valence-electron chi connectivity index (χ2n) is 4.04. The molecular weight excluding hydrogens is 275 g/mol. The minimum atomic E-state index is -0.0995. The van der Waals surface area contributed by atoms with Gasteiger partial charge < -0.3 is 15.0 Å². The lowest BCUT2D eigenvalue weighted by molar-refractivity contribution is 0.194. The molecule has 1 aromatic rings. The molecule has 18 heavy (non-hydrogen) atoms. The van der Waals surface area contributed by atoms with Crippen LogP contribution in [-0.2, 0) is 0 Å². The van der Waals surface area contributed by atoms with Crippen molar-refractivity contribution in [2.75, 3.05) is 19.8 Å². The van der Waals surface area contributed by atoms with Gasteiger partial charge in [-0.1, -0.05) is 23.2 Å². The molecule has 0 bridgehead atoms. The fraction of sp³-hybridized carbons (Fsp3) is 0.417. The molecule has 6 heteroatoms. The van der Waals surface area contributed by atoms with Gasteiger partial charge >= 0.3 is 6.03 Å². The molecular formula is C12H14Cl2N2O2. The summed E-state index contributed by atoms with van der Waals surface area (Å²) in [5, 5.41) is 3.67. The molecule has 4 nitrogen and oxygen atoms in total. The van der Waals surface area contributed by atoms with E-state index in [9.17, 15) is 4.79 Å². The lowest BCUT2D eigenvalue weighted by Gasteiger charge is -2.16. The number of hydrogen-bond donors (Lipinski definition) is 1. The van der Waals surface area contributed by atoms with Crippen LogP contribution >= 0.6 is 23.2 Å². The van der Waals surface area contributed by atoms with E-state index in [1.54, 1.807) is 23.1 Å². The lowest BCUT2D eigenvalue weighted by Crippen LogP contribution is -2.39. The minimum absolute atomic E-state index is 0.0939. The van der Waals surface area contributed by atoms with Crippen molar-refractivity contribution in [2.45, 2.75) is 12.8 Å². The number of likely N-dealkylation sites (tertiary alicyclic amines) is 1. The molecule has 2 rings (SSSR count). The van der Waals surface area contributed by atoms with Crippen molar-refractivity contribution in [2.24, 2.45) is 0 Å². The number of carbonyl (C=O) groups is 1. The maximum atomic E-state index is 11.7. The molecule has 1 saturated heterocycles. The highest BCUT2D eigenvalue weighted by Crippen LogP contribution is 2.27. The number of carbonyl (C=O) groups excluding carboxylic acids is 1. The van der Waals surface area contributed by atoms with Crippen molar-refractivity contribution in [3.63, 3.8) is 0 Å². The summed E-state index contributed by atoms with van der Waals surface area (Å²) in [5.74, 6) is 0.503. The van der Waals surface area contributed by atoms with Gasteiger partial charge in [-0.3, -0.25) is 0 Å². The molecule has 1 fully saturated rings. The van der Waals surface area contributed by atoms with E-state index < -0.39 is 0 Å². The number of benzene rings is 1. The van der Waals surface area contributed by atoms with Crippen molar-refractivity contribution in [3.8, 4) is 5.75 Å². The molecule has 1 heterocycles. The second kappa shape index (κ2) is 6.16. The van der Waals surface area contributed by atoms with E-state index in [4.69, 9.17) is 27.9 Å². The first-order chi connectivity index (χ1) is 8.66. The third-order valence-corrected chi connectivity index (χ3v) is 3.27. The van der Waals surface area contributed by atoms with Gasteiger partial charge in [0.25, 0.3) is 0 Å². The first kappa shape index (κ1) is 13.3. The Bertz CT molecular complexity index is 434. The average Bonchev–Trinajstić information content (AvgIpc) is 2.85. The highest BCUT2D eigenvalue weighted by Gasteiger charge is 2.17. The standard InChI is InChI=1S/C12H14Cl2N2O2/c13-9-3-4-11(10(14)7-9)18-8-15-12(17)16-5-1-2-6-16/h3-4,7H,1-2,5-6,8H2,(H,15,17). The van der Waals surface area contributed by atoms with Crippen molar-refractivity contribution in [3.05, 3.63) is 28.2 Å². The smallest absolute Gasteiger partial charge is 0.320 e. The fourth-order valence-electron chi connectivity index (χ4n) is 1.80. The molecule has 2 amide bonds. The van der Waals surface area contributed by atoms with E-state index in [0.29, 0.717) is 15.8 Å². The van der Waals surface area contributed by atoms with Crippen LogP contribution < -0.4 is 10.1 Å². The summed E-state index contributed by atoms with van der Waals surface area (Å²) in [5.41, 5.74) is 0. The highest BCUT2D eigenvalue weighted by atomic mass is 35.5. The Kier molecular flexibility index (Phi) is 4.55. The number of urea groups is 1. The average molecular weight is 289 g/mol. The monoisotopic (exact) mass is 288 g/mol. The molecule has 1 N–H and O–H groups in total. The number of halogens is 2. The first-order valence-corrected chi connectivity index (χ1v) is 6.53. The van der Waals surface area contributed by atoms with Crippen LogP contribution in [0, 0.1) is 0 Å². The summed E-state index contributed by atoms with van der Waals surface area (Å²) in [4.78, 5) is 13.4. The molecule has 1 aromatic carbocycles. The Morgan fingerprint density at radius 1 is 1.33 bits per heavy atom. The van der Waals surface area contributed by atoms with Gasteiger partial charge in [-0.15, -0.1) is 0 Å². The minimum Gasteiger partial charge on any atom is -0.472 e. The molecule has 0 saturated carbocycles. The first-order valence-electron chi connectivity index (χ1n) is 5.77. The highest BCUT2D eigenvalue weighted by molar-refractivity contribution is 6.35. The number of hydrogen-bond acceptors (Lipinski definition) is 2. The predicted molar refractivity (Wildman–Crippen MR) is 71.3 cm³/mol. The maximum absolute atomic E-state index is 11.7. The Morgan fingerprint density at radius 2 is 2.06 bits per heavy atom. The molecule has 0 aliphatic carbocycles. The van der Waals surface area contributed by atoms with E-state index in [-0.39, 0.29) is 12.8 Å². The number of rotatable bonds is 3. The van der Waals surface area contributed by atoms with Gasteiger partial charge in [0.05, 0.1) is 5.02 Å². The molecule has 98 valence electrons. The van der Waals surface area contributed by atoms with Crippen LogP contribution in [0.15, 0.2) is 18.2 Å². The van der Waals surface area contributed by atoms with Crippen molar-refractivity contribution < 1.29 is 9.53 Å². The van der Waals surface area contributed by atoms with Gasteiger partial charge in [0.15, 0.2) is 6.73 Å². The summed E-state index contributed by atoms with van der Waals surface area (Å²) in [6.45, 7) is 1.72. The molecule has 0 radical (unpaired) electrons. The Balaban J connectivity index is 1.79. The number of nitrogens with one attached hydrogen (secondary N) is 1. The molecule has 1 aliphatic heterocycles. The summed E-state index contributed by atoms with van der Waals surface area (Å²) in [7, 11) is 0. The molecule has 0 atom stereocenters. The molecule has 0 aromatic heterocycles. The quantitative estimate of drug-likeness (QED) is 0.869. The van der Waals surface area contributed by atoms with Crippen LogP contribution in [0.25, 0.3) is 0 Å². The summed E-state index contributed by atoms with van der Waals surface area (Å²) < 4.78 is 5.37. The lowest BCUT2D eigenvalue weighted by atomic mass is 10.3. The maximum Gasteiger partial charge on any atom is 0.320 e. The molecule has 0 unspecified atom stereocenters. The van der Waals surface area contributed by atoms with Crippen LogP contribution in [0.1, 0.15) is 12.8 Å². The van der Waals surface area contributed by atoms with Gasteiger partial charge in [0.1, 0.15) is 5.75 Å². The van der Waals surface area contributed by atoms with Gasteiger partial charge in [-0.2, -0.15) is 0 Å². The van der Waals surface area contributed by atoms with E-state index in [1.807, 2.05) is 0 Å². The van der Waals surface area contributed by atoms with Gasteiger partial charge in [-0.25, -0.2) is 4.79 Å². The third-order valence-electron chi connectivity index (χ3n) is 2.74. The second-order valence-corrected chi connectivity index (χ2v) is 4.88.